The average molecular weight is 253 g/mol. The maximum absolute atomic E-state index is 5.54. The summed E-state index contributed by atoms with van der Waals surface area (Å²) in [5.74, 6) is 0. The summed E-state index contributed by atoms with van der Waals surface area (Å²) >= 11 is 0. The molecule has 0 amide bonds. The summed E-state index contributed by atoms with van der Waals surface area (Å²) in [4.78, 5) is 0. The number of hydrogen-bond acceptors (Lipinski definition) is 4. The minimum atomic E-state index is 0.563. The van der Waals surface area contributed by atoms with Crippen molar-refractivity contribution in [1.82, 2.24) is 0 Å². The van der Waals surface area contributed by atoms with E-state index < -0.39 is 0 Å². The number of nitrogens with two attached hydrogens (primary N) is 1. The third kappa shape index (κ3) is 8.20. The molecular weight excluding hydrogens is 230 g/mol. The van der Waals surface area contributed by atoms with E-state index in [4.69, 9.17) is 19.9 Å². The molecule has 0 aromatic heterocycles. The third-order valence-corrected chi connectivity index (χ3v) is 2.32. The van der Waals surface area contributed by atoms with E-state index in [-0.39, 0.29) is 0 Å². The van der Waals surface area contributed by atoms with Crippen LogP contribution in [-0.2, 0) is 20.8 Å². The van der Waals surface area contributed by atoms with Crippen LogP contribution in [0.5, 0.6) is 0 Å². The second kappa shape index (κ2) is 11.2. The lowest BCUT2D eigenvalue weighted by molar-refractivity contribution is 0.0358. The smallest absolute Gasteiger partial charge is 0.0716 e. The van der Waals surface area contributed by atoms with Crippen molar-refractivity contribution in [3.63, 3.8) is 0 Å². The van der Waals surface area contributed by atoms with Gasteiger partial charge in [0, 0.05) is 19.8 Å². The first-order valence-electron chi connectivity index (χ1n) is 6.40. The Morgan fingerprint density at radius 3 is 2.17 bits per heavy atom. The summed E-state index contributed by atoms with van der Waals surface area (Å²) in [7, 11) is 0. The molecule has 0 spiro atoms. The molecule has 1 aromatic carbocycles. The molecule has 0 aliphatic rings. The quantitative estimate of drug-likeness (QED) is 0.608. The van der Waals surface area contributed by atoms with Gasteiger partial charge in [0.15, 0.2) is 0 Å². The molecule has 2 N–H and O–H groups in total. The zero-order chi connectivity index (χ0) is 12.9. The molecule has 0 saturated carbocycles. The van der Waals surface area contributed by atoms with E-state index >= 15 is 0 Å². The Balaban J connectivity index is 1.82. The van der Waals surface area contributed by atoms with E-state index in [0.29, 0.717) is 39.6 Å². The summed E-state index contributed by atoms with van der Waals surface area (Å²) in [5, 5.41) is 0. The van der Waals surface area contributed by atoms with E-state index in [9.17, 15) is 0 Å². The Kier molecular flexibility index (Phi) is 9.38. The van der Waals surface area contributed by atoms with Crippen molar-refractivity contribution in [2.45, 2.75) is 13.0 Å². The van der Waals surface area contributed by atoms with E-state index in [0.717, 1.165) is 13.0 Å². The standard InChI is InChI=1S/C14H23NO3/c15-7-10-17-12-11-16-8-4-9-18-13-14-5-2-1-3-6-14/h1-3,5-6H,4,7-13,15H2. The second-order valence-corrected chi connectivity index (χ2v) is 3.91. The Morgan fingerprint density at radius 1 is 0.778 bits per heavy atom. The van der Waals surface area contributed by atoms with Crippen molar-refractivity contribution in [1.29, 1.82) is 0 Å². The summed E-state index contributed by atoms with van der Waals surface area (Å²) in [6.07, 6.45) is 0.906. The first kappa shape index (κ1) is 15.1. The van der Waals surface area contributed by atoms with Gasteiger partial charge in [-0.2, -0.15) is 0 Å². The van der Waals surface area contributed by atoms with Gasteiger partial charge in [0.2, 0.25) is 0 Å². The first-order chi connectivity index (χ1) is 8.93. The van der Waals surface area contributed by atoms with Crippen LogP contribution in [0, 0.1) is 0 Å². The monoisotopic (exact) mass is 253 g/mol. The van der Waals surface area contributed by atoms with Crippen LogP contribution in [0.25, 0.3) is 0 Å². The maximum Gasteiger partial charge on any atom is 0.0716 e. The molecule has 1 rings (SSSR count). The zero-order valence-corrected chi connectivity index (χ0v) is 10.8. The van der Waals surface area contributed by atoms with Crippen molar-refractivity contribution in [2.75, 3.05) is 39.6 Å². The van der Waals surface area contributed by atoms with Gasteiger partial charge in [0.1, 0.15) is 0 Å². The molecule has 0 aliphatic carbocycles. The van der Waals surface area contributed by atoms with Crippen LogP contribution in [-0.4, -0.2) is 39.6 Å². The summed E-state index contributed by atoms with van der Waals surface area (Å²) in [6.45, 7) is 4.50. The van der Waals surface area contributed by atoms with Gasteiger partial charge < -0.3 is 19.9 Å². The Hall–Kier alpha value is -0.940. The normalized spacial score (nSPS) is 10.7. The van der Waals surface area contributed by atoms with Crippen molar-refractivity contribution >= 4 is 0 Å². The molecule has 0 atom stereocenters. The van der Waals surface area contributed by atoms with Gasteiger partial charge >= 0.3 is 0 Å². The molecule has 0 fully saturated rings. The van der Waals surface area contributed by atoms with Crippen LogP contribution in [0.1, 0.15) is 12.0 Å². The number of benzene rings is 1. The van der Waals surface area contributed by atoms with Crippen molar-refractivity contribution < 1.29 is 14.2 Å². The Morgan fingerprint density at radius 2 is 1.44 bits per heavy atom. The van der Waals surface area contributed by atoms with E-state index in [1.165, 1.54) is 5.56 Å². The summed E-state index contributed by atoms with van der Waals surface area (Å²) < 4.78 is 16.1. The summed E-state index contributed by atoms with van der Waals surface area (Å²) in [6, 6.07) is 10.2. The van der Waals surface area contributed by atoms with E-state index in [1.54, 1.807) is 0 Å². The molecule has 4 nitrogen and oxygen atoms in total. The number of rotatable bonds is 11. The van der Waals surface area contributed by atoms with Gasteiger partial charge in [-0.3, -0.25) is 0 Å². The third-order valence-electron chi connectivity index (χ3n) is 2.32. The van der Waals surface area contributed by atoms with Crippen molar-refractivity contribution in [3.8, 4) is 0 Å². The minimum Gasteiger partial charge on any atom is -0.379 e. The van der Waals surface area contributed by atoms with Gasteiger partial charge in [0.05, 0.1) is 26.4 Å². The first-order valence-corrected chi connectivity index (χ1v) is 6.40. The molecule has 0 saturated heterocycles. The second-order valence-electron chi connectivity index (χ2n) is 3.91. The fraction of sp³-hybridized carbons (Fsp3) is 0.571. The van der Waals surface area contributed by atoms with Crippen LogP contribution in [0.2, 0.25) is 0 Å². The van der Waals surface area contributed by atoms with Gasteiger partial charge in [-0.25, -0.2) is 0 Å². The summed E-state index contributed by atoms with van der Waals surface area (Å²) in [5.41, 5.74) is 6.49. The largest absolute Gasteiger partial charge is 0.379 e. The van der Waals surface area contributed by atoms with Crippen LogP contribution < -0.4 is 5.73 Å². The zero-order valence-electron chi connectivity index (χ0n) is 10.8. The number of ether oxygens (including phenoxy) is 3. The van der Waals surface area contributed by atoms with Gasteiger partial charge in [-0.1, -0.05) is 30.3 Å². The van der Waals surface area contributed by atoms with Crippen LogP contribution in [0.4, 0.5) is 0 Å². The van der Waals surface area contributed by atoms with Crippen molar-refractivity contribution in [3.05, 3.63) is 35.9 Å². The minimum absolute atomic E-state index is 0.563. The molecule has 0 radical (unpaired) electrons. The molecule has 0 aliphatic heterocycles. The van der Waals surface area contributed by atoms with Crippen LogP contribution in [0.15, 0.2) is 30.3 Å². The molecule has 18 heavy (non-hydrogen) atoms. The predicted octanol–water partition coefficient (Wildman–Crippen LogP) is 1.59. The van der Waals surface area contributed by atoms with Crippen LogP contribution >= 0.6 is 0 Å². The highest BCUT2D eigenvalue weighted by molar-refractivity contribution is 5.13. The molecule has 0 heterocycles. The average Bonchev–Trinajstić information content (AvgIpc) is 2.42. The highest BCUT2D eigenvalue weighted by Gasteiger charge is 1.93. The fourth-order valence-electron chi connectivity index (χ4n) is 1.43. The van der Waals surface area contributed by atoms with Gasteiger partial charge in [0.25, 0.3) is 0 Å². The maximum atomic E-state index is 5.54. The van der Waals surface area contributed by atoms with Crippen molar-refractivity contribution in [2.24, 2.45) is 5.73 Å². The van der Waals surface area contributed by atoms with E-state index in [1.807, 2.05) is 18.2 Å². The molecule has 0 unspecified atom stereocenters. The lowest BCUT2D eigenvalue weighted by atomic mass is 10.2. The van der Waals surface area contributed by atoms with Gasteiger partial charge in [-0.05, 0) is 12.0 Å². The van der Waals surface area contributed by atoms with E-state index in [2.05, 4.69) is 12.1 Å². The lowest BCUT2D eigenvalue weighted by Crippen LogP contribution is -2.12. The van der Waals surface area contributed by atoms with Gasteiger partial charge in [-0.15, -0.1) is 0 Å². The Labute approximate surface area is 109 Å². The molecule has 102 valence electrons. The molecule has 4 heteroatoms. The molecule has 1 aromatic rings. The highest BCUT2D eigenvalue weighted by atomic mass is 16.5. The topological polar surface area (TPSA) is 53.7 Å². The Bertz CT molecular complexity index is 280. The highest BCUT2D eigenvalue weighted by Crippen LogP contribution is 2.00. The lowest BCUT2D eigenvalue weighted by Gasteiger charge is -2.06. The SMILES string of the molecule is NCCOCCOCCCOCc1ccccc1. The van der Waals surface area contributed by atoms with Crippen LogP contribution in [0.3, 0.4) is 0 Å². The molecular formula is C14H23NO3. The molecule has 0 bridgehead atoms. The predicted molar refractivity (Wildman–Crippen MR) is 71.4 cm³/mol. The number of hydrogen-bond donors (Lipinski definition) is 1. The fourth-order valence-corrected chi connectivity index (χ4v) is 1.43.